The highest BCUT2D eigenvalue weighted by Crippen LogP contribution is 2.33. The molecule has 4 heteroatoms. The van der Waals surface area contributed by atoms with Crippen LogP contribution in [-0.2, 0) is 0 Å². The Bertz CT molecular complexity index is 1100. The molecule has 30 heavy (non-hydrogen) atoms. The number of aliphatic imine (C=N–C) groups is 2. The van der Waals surface area contributed by atoms with Gasteiger partial charge in [-0.15, -0.1) is 0 Å². The summed E-state index contributed by atoms with van der Waals surface area (Å²) in [4.78, 5) is 9.15. The Hall–Kier alpha value is -4.18. The van der Waals surface area contributed by atoms with Gasteiger partial charge in [-0.05, 0) is 46.5 Å². The topological polar surface area (TPSA) is 76.8 Å². The molecule has 0 unspecified atom stereocenters. The number of nitrogen functional groups attached to an aromatic ring is 2. The van der Waals surface area contributed by atoms with Gasteiger partial charge in [0.25, 0.3) is 0 Å². The van der Waals surface area contributed by atoms with E-state index in [9.17, 15) is 0 Å². The van der Waals surface area contributed by atoms with Gasteiger partial charge in [-0.1, -0.05) is 72.8 Å². The van der Waals surface area contributed by atoms with Crippen molar-refractivity contribution in [3.63, 3.8) is 0 Å². The van der Waals surface area contributed by atoms with Crippen LogP contribution in [0.2, 0.25) is 0 Å². The number of nitrogens with zero attached hydrogens (tertiary/aromatic N) is 2. The lowest BCUT2D eigenvalue weighted by atomic mass is 10.0. The number of anilines is 2. The van der Waals surface area contributed by atoms with Crippen molar-refractivity contribution in [2.75, 3.05) is 11.5 Å². The van der Waals surface area contributed by atoms with Gasteiger partial charge in [0.1, 0.15) is 0 Å². The van der Waals surface area contributed by atoms with E-state index < -0.39 is 0 Å². The first-order valence-corrected chi connectivity index (χ1v) is 9.67. The van der Waals surface area contributed by atoms with E-state index in [4.69, 9.17) is 11.5 Å². The second kappa shape index (κ2) is 8.88. The third-order valence-electron chi connectivity index (χ3n) is 4.70. The monoisotopic (exact) mass is 390 g/mol. The van der Waals surface area contributed by atoms with Crippen LogP contribution in [0.3, 0.4) is 0 Å². The maximum absolute atomic E-state index is 6.14. The molecule has 0 fully saturated rings. The van der Waals surface area contributed by atoms with Crippen molar-refractivity contribution in [3.05, 3.63) is 108 Å². The molecular weight excluding hydrogens is 368 g/mol. The van der Waals surface area contributed by atoms with Crippen LogP contribution in [-0.4, -0.2) is 12.4 Å². The second-order valence-corrected chi connectivity index (χ2v) is 6.88. The minimum absolute atomic E-state index is 0.628. The Labute approximate surface area is 176 Å². The average Bonchev–Trinajstić information content (AvgIpc) is 2.79. The molecule has 4 aromatic rings. The molecule has 0 bridgehead atoms. The molecule has 0 spiro atoms. The number of nitrogens with two attached hydrogens (primary N) is 2. The molecule has 0 saturated heterocycles. The standard InChI is InChI=1S/C26H22N4/c27-23-13-11-21(15-25(23)29-17-19-7-3-1-4-8-19)22-12-14-24(28)26(16-22)30-18-20-9-5-2-6-10-20/h1-18H,27-28H2/b29-17-,30-18-. The Balaban J connectivity index is 1.64. The molecule has 4 aromatic carbocycles. The molecule has 0 heterocycles. The predicted molar refractivity (Wildman–Crippen MR) is 128 cm³/mol. The van der Waals surface area contributed by atoms with Crippen LogP contribution < -0.4 is 11.5 Å². The van der Waals surface area contributed by atoms with Crippen molar-refractivity contribution in [2.45, 2.75) is 0 Å². The van der Waals surface area contributed by atoms with Crippen LogP contribution in [0.1, 0.15) is 11.1 Å². The quantitative estimate of drug-likeness (QED) is 0.323. The summed E-state index contributed by atoms with van der Waals surface area (Å²) in [5, 5.41) is 0. The summed E-state index contributed by atoms with van der Waals surface area (Å²) in [5.41, 5.74) is 19.0. The van der Waals surface area contributed by atoms with Gasteiger partial charge in [-0.2, -0.15) is 0 Å². The first-order valence-electron chi connectivity index (χ1n) is 9.67. The van der Waals surface area contributed by atoms with Gasteiger partial charge < -0.3 is 11.5 Å². The molecule has 146 valence electrons. The number of hydrogen-bond acceptors (Lipinski definition) is 4. The summed E-state index contributed by atoms with van der Waals surface area (Å²) in [6.07, 6.45) is 3.63. The molecule has 0 aliphatic carbocycles. The average molecular weight is 390 g/mol. The van der Waals surface area contributed by atoms with Gasteiger partial charge in [-0.25, -0.2) is 0 Å². The van der Waals surface area contributed by atoms with Crippen LogP contribution in [0.15, 0.2) is 107 Å². The molecule has 0 aromatic heterocycles. The highest BCUT2D eigenvalue weighted by Gasteiger charge is 2.05. The highest BCUT2D eigenvalue weighted by atomic mass is 14.8. The van der Waals surface area contributed by atoms with Gasteiger partial charge in [0.15, 0.2) is 0 Å². The van der Waals surface area contributed by atoms with Crippen molar-refractivity contribution in [1.82, 2.24) is 0 Å². The fourth-order valence-corrected chi connectivity index (χ4v) is 3.04. The third-order valence-corrected chi connectivity index (χ3v) is 4.70. The first kappa shape index (κ1) is 19.2. The van der Waals surface area contributed by atoms with Crippen molar-refractivity contribution < 1.29 is 0 Å². The van der Waals surface area contributed by atoms with Crippen LogP contribution >= 0.6 is 0 Å². The summed E-state index contributed by atoms with van der Waals surface area (Å²) >= 11 is 0. The molecule has 0 aliphatic heterocycles. The van der Waals surface area contributed by atoms with Crippen LogP contribution in [0, 0.1) is 0 Å². The van der Waals surface area contributed by atoms with Crippen LogP contribution in [0.5, 0.6) is 0 Å². The predicted octanol–water partition coefficient (Wildman–Crippen LogP) is 6.02. The fraction of sp³-hybridized carbons (Fsp3) is 0. The summed E-state index contributed by atoms with van der Waals surface area (Å²) in [6.45, 7) is 0. The summed E-state index contributed by atoms with van der Waals surface area (Å²) in [5.74, 6) is 0. The van der Waals surface area contributed by atoms with E-state index in [-0.39, 0.29) is 0 Å². The Kier molecular flexibility index (Phi) is 5.67. The highest BCUT2D eigenvalue weighted by molar-refractivity contribution is 5.87. The molecule has 4 rings (SSSR count). The Morgan fingerprint density at radius 1 is 0.500 bits per heavy atom. The number of benzene rings is 4. The van der Waals surface area contributed by atoms with E-state index in [0.29, 0.717) is 11.4 Å². The van der Waals surface area contributed by atoms with Gasteiger partial charge in [0, 0.05) is 12.4 Å². The van der Waals surface area contributed by atoms with Crippen molar-refractivity contribution in [2.24, 2.45) is 9.98 Å². The number of rotatable bonds is 5. The minimum Gasteiger partial charge on any atom is -0.397 e. The van der Waals surface area contributed by atoms with Crippen molar-refractivity contribution in [3.8, 4) is 11.1 Å². The van der Waals surface area contributed by atoms with Crippen molar-refractivity contribution >= 4 is 35.2 Å². The van der Waals surface area contributed by atoms with Gasteiger partial charge >= 0.3 is 0 Å². The van der Waals surface area contributed by atoms with Crippen LogP contribution in [0.4, 0.5) is 22.7 Å². The summed E-state index contributed by atoms with van der Waals surface area (Å²) in [6, 6.07) is 31.5. The zero-order chi connectivity index (χ0) is 20.8. The minimum atomic E-state index is 0.628. The molecule has 4 N–H and O–H groups in total. The smallest absolute Gasteiger partial charge is 0.0865 e. The lowest BCUT2D eigenvalue weighted by molar-refractivity contribution is 1.49. The first-order chi connectivity index (χ1) is 14.7. The molecule has 0 radical (unpaired) electrons. The van der Waals surface area contributed by atoms with Gasteiger partial charge in [-0.3, -0.25) is 9.98 Å². The van der Waals surface area contributed by atoms with E-state index in [1.54, 1.807) is 0 Å². The lowest BCUT2D eigenvalue weighted by Gasteiger charge is -2.08. The normalized spacial score (nSPS) is 11.3. The van der Waals surface area contributed by atoms with Crippen LogP contribution in [0.25, 0.3) is 11.1 Å². The molecule has 0 aliphatic rings. The molecule has 4 nitrogen and oxygen atoms in total. The Morgan fingerprint density at radius 3 is 1.30 bits per heavy atom. The summed E-state index contributed by atoms with van der Waals surface area (Å²) < 4.78 is 0. The molecule has 0 amide bonds. The van der Waals surface area contributed by atoms with Crippen molar-refractivity contribution in [1.29, 1.82) is 0 Å². The van der Waals surface area contributed by atoms with E-state index in [0.717, 1.165) is 33.6 Å². The molecule has 0 saturated carbocycles. The van der Waals surface area contributed by atoms with Gasteiger partial charge in [0.05, 0.1) is 22.7 Å². The largest absolute Gasteiger partial charge is 0.397 e. The van der Waals surface area contributed by atoms with E-state index in [1.807, 2.05) is 109 Å². The Morgan fingerprint density at radius 2 is 0.900 bits per heavy atom. The van der Waals surface area contributed by atoms with E-state index in [2.05, 4.69) is 9.98 Å². The fourth-order valence-electron chi connectivity index (χ4n) is 3.04. The molecular formula is C26H22N4. The molecule has 0 atom stereocenters. The summed E-state index contributed by atoms with van der Waals surface area (Å²) in [7, 11) is 0. The zero-order valence-electron chi connectivity index (χ0n) is 16.4. The zero-order valence-corrected chi connectivity index (χ0v) is 16.4. The van der Waals surface area contributed by atoms with E-state index in [1.165, 1.54) is 0 Å². The lowest BCUT2D eigenvalue weighted by Crippen LogP contribution is -1.90. The SMILES string of the molecule is Nc1ccc(-c2ccc(N)c(/N=C\c3ccccc3)c2)cc1/N=C\c1ccccc1. The maximum atomic E-state index is 6.14. The van der Waals surface area contributed by atoms with E-state index >= 15 is 0 Å². The number of hydrogen-bond donors (Lipinski definition) is 2. The second-order valence-electron chi connectivity index (χ2n) is 6.88. The third kappa shape index (κ3) is 4.62. The maximum Gasteiger partial charge on any atom is 0.0865 e. The van der Waals surface area contributed by atoms with Gasteiger partial charge in [0.2, 0.25) is 0 Å².